The first-order chi connectivity index (χ1) is 20.9. The van der Waals surface area contributed by atoms with Gasteiger partial charge in [-0.3, -0.25) is 0 Å². The predicted molar refractivity (Wildman–Crippen MR) is 186 cm³/mol. The number of benzene rings is 5. The summed E-state index contributed by atoms with van der Waals surface area (Å²) in [6.45, 7) is 2.33. The van der Waals surface area contributed by atoms with Gasteiger partial charge in [0.15, 0.2) is 7.14 Å². The third-order valence-corrected chi connectivity index (χ3v) is 14.3. The molecule has 5 aromatic carbocycles. The van der Waals surface area contributed by atoms with Crippen LogP contribution in [0, 0.1) is 5.41 Å². The Balaban J connectivity index is 1.59. The fourth-order valence-electron chi connectivity index (χ4n) is 8.05. The normalized spacial score (nSPS) is 24.2. The van der Waals surface area contributed by atoms with Gasteiger partial charge in [0.05, 0.1) is 16.8 Å². The molecule has 5 heteroatoms. The number of hydrogen-bond acceptors (Lipinski definition) is 2. The molecule has 1 spiro atoms. The van der Waals surface area contributed by atoms with Crippen LogP contribution in [0.1, 0.15) is 23.6 Å². The molecular formula is C38H28Br2NOP. The van der Waals surface area contributed by atoms with Gasteiger partial charge in [0.1, 0.15) is 0 Å². The summed E-state index contributed by atoms with van der Waals surface area (Å²) >= 11 is 7.72. The van der Waals surface area contributed by atoms with Crippen molar-refractivity contribution < 1.29 is 4.57 Å². The topological polar surface area (TPSA) is 20.3 Å². The highest BCUT2D eigenvalue weighted by molar-refractivity contribution is 9.10. The van der Waals surface area contributed by atoms with E-state index in [-0.39, 0.29) is 5.66 Å². The molecule has 8 rings (SSSR count). The molecular weight excluding hydrogens is 677 g/mol. The molecule has 0 fully saturated rings. The first-order valence-electron chi connectivity index (χ1n) is 14.5. The second-order valence-corrected chi connectivity index (χ2v) is 16.4. The highest BCUT2D eigenvalue weighted by Crippen LogP contribution is 2.73. The van der Waals surface area contributed by atoms with E-state index in [4.69, 9.17) is 0 Å². The Kier molecular flexibility index (Phi) is 6.18. The van der Waals surface area contributed by atoms with E-state index in [0.29, 0.717) is 0 Å². The zero-order valence-corrected chi connectivity index (χ0v) is 27.6. The van der Waals surface area contributed by atoms with Crippen molar-refractivity contribution in [3.63, 3.8) is 0 Å². The summed E-state index contributed by atoms with van der Waals surface area (Å²) in [5.74, 6) is 0. The van der Waals surface area contributed by atoms with E-state index in [9.17, 15) is 0 Å². The molecule has 0 aromatic heterocycles. The van der Waals surface area contributed by atoms with E-state index in [1.54, 1.807) is 0 Å². The second kappa shape index (κ2) is 9.79. The zero-order valence-electron chi connectivity index (χ0n) is 23.5. The van der Waals surface area contributed by atoms with Crippen molar-refractivity contribution in [1.29, 1.82) is 0 Å². The predicted octanol–water partition coefficient (Wildman–Crippen LogP) is 10.2. The van der Waals surface area contributed by atoms with Gasteiger partial charge < -0.3 is 9.46 Å². The summed E-state index contributed by atoms with van der Waals surface area (Å²) in [7, 11) is -3.14. The molecule has 0 radical (unpaired) electrons. The zero-order chi connectivity index (χ0) is 29.4. The van der Waals surface area contributed by atoms with Crippen LogP contribution in [-0.4, -0.2) is 5.66 Å². The standard InChI is InChI=1S/C38H28Br2NOP/c1-37-23-11-10-18-36(37)43(42,29-14-6-3-7-15-29)35-17-9-8-16-30(35)38(37)31-24-26(39)19-21-33(31)41(28-12-4-2-5-13-28)34-22-20-27(40)25-32(34)38/h2-25,36H,1H3. The summed E-state index contributed by atoms with van der Waals surface area (Å²) in [5.41, 5.74) is 5.35. The van der Waals surface area contributed by atoms with E-state index in [1.807, 2.05) is 18.2 Å². The molecule has 2 nitrogen and oxygen atoms in total. The van der Waals surface area contributed by atoms with Crippen LogP contribution in [0.2, 0.25) is 0 Å². The molecule has 3 unspecified atom stereocenters. The van der Waals surface area contributed by atoms with Crippen LogP contribution in [0.25, 0.3) is 0 Å². The lowest BCUT2D eigenvalue weighted by Crippen LogP contribution is -2.60. The lowest BCUT2D eigenvalue weighted by molar-refractivity contribution is 0.283. The maximum Gasteiger partial charge on any atom is 0.150 e. The Morgan fingerprint density at radius 3 is 1.91 bits per heavy atom. The molecule has 2 aliphatic heterocycles. The number of halogens is 2. The molecule has 210 valence electrons. The monoisotopic (exact) mass is 703 g/mol. The van der Waals surface area contributed by atoms with Crippen molar-refractivity contribution in [3.05, 3.63) is 171 Å². The maximum absolute atomic E-state index is 16.0. The highest BCUT2D eigenvalue weighted by atomic mass is 79.9. The number of allylic oxidation sites excluding steroid dienone is 4. The number of fused-ring (bicyclic) bond motifs is 8. The molecule has 3 aliphatic rings. The van der Waals surface area contributed by atoms with Gasteiger partial charge in [0.25, 0.3) is 0 Å². The summed E-state index contributed by atoms with van der Waals surface area (Å²) in [6, 6.07) is 42.5. The van der Waals surface area contributed by atoms with Crippen LogP contribution >= 0.6 is 39.0 Å². The van der Waals surface area contributed by atoms with Crippen molar-refractivity contribution in [2.24, 2.45) is 5.41 Å². The first kappa shape index (κ1) is 27.1. The minimum atomic E-state index is -3.14. The van der Waals surface area contributed by atoms with Gasteiger partial charge in [0.2, 0.25) is 0 Å². The van der Waals surface area contributed by atoms with Crippen LogP contribution < -0.4 is 15.5 Å². The van der Waals surface area contributed by atoms with Crippen molar-refractivity contribution in [1.82, 2.24) is 0 Å². The minimum Gasteiger partial charge on any atom is -0.313 e. The van der Waals surface area contributed by atoms with Gasteiger partial charge in [0, 0.05) is 36.3 Å². The number of anilines is 3. The fraction of sp³-hybridized carbons (Fsp3) is 0.105. The Morgan fingerprint density at radius 1 is 0.674 bits per heavy atom. The third-order valence-electron chi connectivity index (χ3n) is 9.69. The summed E-state index contributed by atoms with van der Waals surface area (Å²) < 4.78 is 18.0. The van der Waals surface area contributed by atoms with Gasteiger partial charge in [-0.1, -0.05) is 136 Å². The molecule has 0 bridgehead atoms. The van der Waals surface area contributed by atoms with Crippen LogP contribution in [0.5, 0.6) is 0 Å². The van der Waals surface area contributed by atoms with Crippen molar-refractivity contribution in [3.8, 4) is 0 Å². The van der Waals surface area contributed by atoms with Crippen molar-refractivity contribution in [2.45, 2.75) is 18.0 Å². The highest BCUT2D eigenvalue weighted by Gasteiger charge is 2.66. The van der Waals surface area contributed by atoms with Gasteiger partial charge in [-0.2, -0.15) is 0 Å². The summed E-state index contributed by atoms with van der Waals surface area (Å²) in [6.07, 6.45) is 8.79. The largest absolute Gasteiger partial charge is 0.313 e. The van der Waals surface area contributed by atoms with E-state index >= 15 is 4.57 Å². The third kappa shape index (κ3) is 3.55. The average molecular weight is 705 g/mol. The Labute approximate surface area is 269 Å². The minimum absolute atomic E-state index is 0.260. The van der Waals surface area contributed by atoms with Gasteiger partial charge in [-0.25, -0.2) is 0 Å². The second-order valence-electron chi connectivity index (χ2n) is 11.7. The molecule has 0 saturated heterocycles. The van der Waals surface area contributed by atoms with Crippen LogP contribution in [-0.2, 0) is 9.98 Å². The SMILES string of the molecule is CC12C=CC=CC1P(=O)(c1ccccc1)c1ccccc1C21c2cc(Br)ccc2N(c2ccccc2)c2ccc(Br)cc21. The number of nitrogens with zero attached hydrogens (tertiary/aromatic N) is 1. The van der Waals surface area contributed by atoms with E-state index < -0.39 is 18.0 Å². The van der Waals surface area contributed by atoms with Crippen molar-refractivity contribution >= 4 is 66.7 Å². The Bertz CT molecular complexity index is 1970. The van der Waals surface area contributed by atoms with E-state index in [1.165, 1.54) is 11.1 Å². The average Bonchev–Trinajstić information content (AvgIpc) is 3.04. The van der Waals surface area contributed by atoms with Crippen LogP contribution in [0.3, 0.4) is 0 Å². The maximum atomic E-state index is 16.0. The molecule has 0 N–H and O–H groups in total. The van der Waals surface area contributed by atoms with Crippen LogP contribution in [0.15, 0.2) is 155 Å². The quantitative estimate of drug-likeness (QED) is 0.171. The molecule has 1 aliphatic carbocycles. The lowest BCUT2D eigenvalue weighted by atomic mass is 9.50. The van der Waals surface area contributed by atoms with Gasteiger partial charge in [-0.05, 0) is 65.2 Å². The molecule has 43 heavy (non-hydrogen) atoms. The molecule has 0 amide bonds. The summed E-state index contributed by atoms with van der Waals surface area (Å²) in [5, 5.41) is 1.84. The van der Waals surface area contributed by atoms with E-state index in [0.717, 1.165) is 42.2 Å². The number of para-hydroxylation sites is 1. The van der Waals surface area contributed by atoms with Crippen molar-refractivity contribution in [2.75, 3.05) is 4.90 Å². The first-order valence-corrected chi connectivity index (χ1v) is 17.8. The molecule has 3 atom stereocenters. The van der Waals surface area contributed by atoms with Gasteiger partial charge >= 0.3 is 0 Å². The fourth-order valence-corrected chi connectivity index (χ4v) is 12.6. The smallest absolute Gasteiger partial charge is 0.150 e. The van der Waals surface area contributed by atoms with E-state index in [2.05, 4.69) is 171 Å². The molecule has 2 heterocycles. The lowest BCUT2D eigenvalue weighted by Gasteiger charge is -2.61. The Morgan fingerprint density at radius 2 is 1.26 bits per heavy atom. The Hall–Kier alpha value is -3.43. The molecule has 5 aromatic rings. The number of hydrogen-bond donors (Lipinski definition) is 0. The van der Waals surface area contributed by atoms with Gasteiger partial charge in [-0.15, -0.1) is 0 Å². The molecule has 0 saturated carbocycles. The number of rotatable bonds is 2. The van der Waals surface area contributed by atoms with Crippen LogP contribution in [0.4, 0.5) is 17.1 Å². The summed E-state index contributed by atoms with van der Waals surface area (Å²) in [4.78, 5) is 2.38.